The molecule has 54 valence electrons. The minimum atomic E-state index is 0.124. The lowest BCUT2D eigenvalue weighted by atomic mass is 10.2. The molecular weight excluding hydrogens is 126 g/mol. The maximum Gasteiger partial charge on any atom is 0.0642 e. The van der Waals surface area contributed by atoms with Gasteiger partial charge in [-0.1, -0.05) is 0 Å². The lowest BCUT2D eigenvalue weighted by Crippen LogP contribution is -1.82. The van der Waals surface area contributed by atoms with Crippen molar-refractivity contribution in [2.24, 2.45) is 0 Å². The van der Waals surface area contributed by atoms with Crippen molar-refractivity contribution >= 4 is 6.08 Å². The summed E-state index contributed by atoms with van der Waals surface area (Å²) in [6, 6.07) is 3.88. The highest BCUT2D eigenvalue weighted by Crippen LogP contribution is 2.01. The molecule has 0 bridgehead atoms. The minimum Gasteiger partial charge on any atom is -0.392 e. The van der Waals surface area contributed by atoms with Crippen molar-refractivity contribution in [3.63, 3.8) is 0 Å². The highest BCUT2D eigenvalue weighted by Gasteiger charge is 1.87. The summed E-state index contributed by atoms with van der Waals surface area (Å²) in [5, 5.41) is 8.65. The lowest BCUT2D eigenvalue weighted by Gasteiger charge is -1.91. The van der Waals surface area contributed by atoms with Crippen LogP contribution >= 0.6 is 0 Å². The van der Waals surface area contributed by atoms with Crippen LogP contribution in [0.4, 0.5) is 0 Å². The average molecular weight is 137 g/mol. The maximum absolute atomic E-state index is 8.65. The van der Waals surface area contributed by atoms with Crippen LogP contribution in [0.2, 0.25) is 0 Å². The van der Waals surface area contributed by atoms with E-state index in [1.54, 1.807) is 0 Å². The van der Waals surface area contributed by atoms with E-state index in [0.29, 0.717) is 0 Å². The average Bonchev–Trinajstić information content (AvgIpc) is 2.40. The number of aromatic nitrogens is 1. The normalized spacial score (nSPS) is 12.0. The van der Waals surface area contributed by atoms with Crippen molar-refractivity contribution in [3.8, 4) is 0 Å². The van der Waals surface area contributed by atoms with Crippen LogP contribution in [0.15, 0.2) is 23.9 Å². The Morgan fingerprint density at radius 1 is 1.80 bits per heavy atom. The molecule has 1 aromatic rings. The Morgan fingerprint density at radius 3 is 3.10 bits per heavy atom. The first-order valence-electron chi connectivity index (χ1n) is 3.24. The molecule has 0 aliphatic heterocycles. The van der Waals surface area contributed by atoms with Crippen molar-refractivity contribution in [3.05, 3.63) is 29.6 Å². The fourth-order valence-electron chi connectivity index (χ4n) is 0.745. The van der Waals surface area contributed by atoms with E-state index in [1.165, 1.54) is 0 Å². The van der Waals surface area contributed by atoms with E-state index in [9.17, 15) is 0 Å². The molecule has 10 heavy (non-hydrogen) atoms. The summed E-state index contributed by atoms with van der Waals surface area (Å²) in [7, 11) is 0. The molecule has 2 N–H and O–H groups in total. The second-order valence-electron chi connectivity index (χ2n) is 2.27. The molecule has 0 spiro atoms. The quantitative estimate of drug-likeness (QED) is 0.635. The monoisotopic (exact) mass is 137 g/mol. The molecule has 0 fully saturated rings. The summed E-state index contributed by atoms with van der Waals surface area (Å²) in [6.07, 6.45) is 3.77. The molecule has 2 nitrogen and oxygen atoms in total. The summed E-state index contributed by atoms with van der Waals surface area (Å²) < 4.78 is 0. The molecule has 0 unspecified atom stereocenters. The zero-order valence-electron chi connectivity index (χ0n) is 5.96. The number of rotatable bonds is 2. The first kappa shape index (κ1) is 7.09. The predicted octanol–water partition coefficient (Wildman–Crippen LogP) is 1.41. The second-order valence-corrected chi connectivity index (χ2v) is 2.27. The van der Waals surface area contributed by atoms with Crippen molar-refractivity contribution in [1.29, 1.82) is 0 Å². The summed E-state index contributed by atoms with van der Waals surface area (Å²) in [5.41, 5.74) is 1.99. The van der Waals surface area contributed by atoms with Crippen LogP contribution in [0.5, 0.6) is 0 Å². The first-order valence-corrected chi connectivity index (χ1v) is 3.24. The van der Waals surface area contributed by atoms with Gasteiger partial charge in [-0.25, -0.2) is 0 Å². The number of aromatic amines is 1. The Bertz CT molecular complexity index is 211. The molecule has 1 rings (SSSR count). The molecule has 1 heterocycles. The molecule has 2 heteroatoms. The van der Waals surface area contributed by atoms with Crippen molar-refractivity contribution in [2.75, 3.05) is 6.61 Å². The molecule has 0 radical (unpaired) electrons. The maximum atomic E-state index is 8.65. The Hall–Kier alpha value is -1.02. The van der Waals surface area contributed by atoms with E-state index < -0.39 is 0 Å². The van der Waals surface area contributed by atoms with Crippen LogP contribution < -0.4 is 0 Å². The van der Waals surface area contributed by atoms with Crippen LogP contribution in [0.3, 0.4) is 0 Å². The minimum absolute atomic E-state index is 0.124. The largest absolute Gasteiger partial charge is 0.392 e. The van der Waals surface area contributed by atoms with Gasteiger partial charge in [-0.3, -0.25) is 0 Å². The van der Waals surface area contributed by atoms with Crippen LogP contribution in [0.25, 0.3) is 6.08 Å². The van der Waals surface area contributed by atoms with E-state index >= 15 is 0 Å². The number of nitrogens with one attached hydrogen (secondary N) is 1. The van der Waals surface area contributed by atoms with Crippen molar-refractivity contribution in [2.45, 2.75) is 6.92 Å². The fourth-order valence-corrected chi connectivity index (χ4v) is 0.745. The van der Waals surface area contributed by atoms with Crippen molar-refractivity contribution in [1.82, 2.24) is 4.98 Å². The van der Waals surface area contributed by atoms with Gasteiger partial charge in [-0.05, 0) is 30.7 Å². The zero-order valence-corrected chi connectivity index (χ0v) is 5.96. The van der Waals surface area contributed by atoms with Gasteiger partial charge >= 0.3 is 0 Å². The van der Waals surface area contributed by atoms with Gasteiger partial charge in [0.25, 0.3) is 0 Å². The lowest BCUT2D eigenvalue weighted by molar-refractivity contribution is 0.332. The molecule has 0 saturated heterocycles. The smallest absolute Gasteiger partial charge is 0.0642 e. The summed E-state index contributed by atoms with van der Waals surface area (Å²) >= 11 is 0. The van der Waals surface area contributed by atoms with E-state index in [4.69, 9.17) is 5.11 Å². The Kier molecular flexibility index (Phi) is 2.29. The number of hydrogen-bond donors (Lipinski definition) is 2. The Balaban J connectivity index is 2.71. The topological polar surface area (TPSA) is 36.0 Å². The van der Waals surface area contributed by atoms with Crippen LogP contribution in [0, 0.1) is 0 Å². The highest BCUT2D eigenvalue weighted by molar-refractivity contribution is 5.48. The summed E-state index contributed by atoms with van der Waals surface area (Å²) in [4.78, 5) is 3.01. The SMILES string of the molecule is C/C(=C/c1ccc[nH]1)CO. The third-order valence-electron chi connectivity index (χ3n) is 1.27. The number of aliphatic hydroxyl groups is 1. The van der Waals surface area contributed by atoms with Gasteiger partial charge in [0, 0.05) is 11.9 Å². The molecule has 0 amide bonds. The summed E-state index contributed by atoms with van der Waals surface area (Å²) in [5.74, 6) is 0. The van der Waals surface area contributed by atoms with Gasteiger partial charge < -0.3 is 10.1 Å². The van der Waals surface area contributed by atoms with Gasteiger partial charge in [0.1, 0.15) is 0 Å². The van der Waals surface area contributed by atoms with Gasteiger partial charge in [-0.2, -0.15) is 0 Å². The standard InChI is InChI=1S/C8H11NO/c1-7(6-10)5-8-3-2-4-9-8/h2-5,9-10H,6H2,1H3/b7-5-. The molecule has 0 aliphatic rings. The van der Waals surface area contributed by atoms with Gasteiger partial charge in [0.2, 0.25) is 0 Å². The molecule has 0 atom stereocenters. The predicted molar refractivity (Wildman–Crippen MR) is 41.5 cm³/mol. The van der Waals surface area contributed by atoms with Crippen molar-refractivity contribution < 1.29 is 5.11 Å². The Labute approximate surface area is 60.2 Å². The van der Waals surface area contributed by atoms with Crippen LogP contribution in [-0.2, 0) is 0 Å². The molecular formula is C8H11NO. The molecule has 0 aliphatic carbocycles. The molecule has 0 saturated carbocycles. The van der Waals surface area contributed by atoms with E-state index in [2.05, 4.69) is 4.98 Å². The third-order valence-corrected chi connectivity index (χ3v) is 1.27. The third kappa shape index (κ3) is 1.74. The zero-order chi connectivity index (χ0) is 7.40. The summed E-state index contributed by atoms with van der Waals surface area (Å²) in [6.45, 7) is 2.01. The fraction of sp³-hybridized carbons (Fsp3) is 0.250. The van der Waals surface area contributed by atoms with Gasteiger partial charge in [-0.15, -0.1) is 0 Å². The second kappa shape index (κ2) is 3.22. The first-order chi connectivity index (χ1) is 4.83. The van der Waals surface area contributed by atoms with E-state index in [1.807, 2.05) is 31.3 Å². The van der Waals surface area contributed by atoms with Gasteiger partial charge in [0.15, 0.2) is 0 Å². The molecule has 0 aromatic carbocycles. The van der Waals surface area contributed by atoms with Gasteiger partial charge in [0.05, 0.1) is 6.61 Å². The van der Waals surface area contributed by atoms with E-state index in [0.717, 1.165) is 11.3 Å². The van der Waals surface area contributed by atoms with Crippen LogP contribution in [0.1, 0.15) is 12.6 Å². The molecule has 1 aromatic heterocycles. The highest BCUT2D eigenvalue weighted by atomic mass is 16.3. The number of aliphatic hydroxyl groups excluding tert-OH is 1. The van der Waals surface area contributed by atoms with E-state index in [-0.39, 0.29) is 6.61 Å². The van der Waals surface area contributed by atoms with Crippen LogP contribution in [-0.4, -0.2) is 16.7 Å². The Morgan fingerprint density at radius 2 is 2.60 bits per heavy atom. The number of hydrogen-bond acceptors (Lipinski definition) is 1. The number of H-pyrrole nitrogens is 1.